The second-order valence-electron chi connectivity index (χ2n) is 6.41. The molecule has 2 heterocycles. The molecule has 21 heavy (non-hydrogen) atoms. The number of carbonyl (C=O) groups is 1. The second kappa shape index (κ2) is 6.90. The number of thiophene rings is 1. The van der Waals surface area contributed by atoms with Gasteiger partial charge in [0.05, 0.1) is 6.04 Å². The average molecular weight is 309 g/mol. The molecular weight excluding hydrogens is 282 g/mol. The van der Waals surface area contributed by atoms with Crippen LogP contribution in [-0.2, 0) is 4.79 Å². The summed E-state index contributed by atoms with van der Waals surface area (Å²) in [6.07, 6.45) is 0.0328. The molecule has 1 saturated heterocycles. The van der Waals surface area contributed by atoms with Crippen molar-refractivity contribution in [3.63, 3.8) is 0 Å². The number of hydrogen-bond donors (Lipinski definition) is 1. The Morgan fingerprint density at radius 1 is 1.38 bits per heavy atom. The molecule has 5 heteroatoms. The van der Waals surface area contributed by atoms with Crippen molar-refractivity contribution in [2.24, 2.45) is 5.92 Å². The molecule has 1 N–H and O–H groups in total. The highest BCUT2D eigenvalue weighted by molar-refractivity contribution is 7.10. The van der Waals surface area contributed by atoms with E-state index in [-0.39, 0.29) is 18.1 Å². The summed E-state index contributed by atoms with van der Waals surface area (Å²) >= 11 is 1.71. The van der Waals surface area contributed by atoms with Gasteiger partial charge in [-0.1, -0.05) is 19.9 Å². The Hall–Kier alpha value is -0.910. The Bertz CT molecular complexity index is 458. The zero-order valence-corrected chi connectivity index (χ0v) is 14.5. The monoisotopic (exact) mass is 309 g/mol. The van der Waals surface area contributed by atoms with Gasteiger partial charge in [-0.3, -0.25) is 10.1 Å². The molecule has 0 saturated carbocycles. The van der Waals surface area contributed by atoms with Gasteiger partial charge in [0.2, 0.25) is 5.91 Å². The highest BCUT2D eigenvalue weighted by atomic mass is 32.1. The van der Waals surface area contributed by atoms with E-state index in [1.807, 2.05) is 11.0 Å². The summed E-state index contributed by atoms with van der Waals surface area (Å²) in [7, 11) is 2.11. The van der Waals surface area contributed by atoms with Gasteiger partial charge in [-0.05, 0) is 38.3 Å². The van der Waals surface area contributed by atoms with E-state index in [4.69, 9.17) is 0 Å². The van der Waals surface area contributed by atoms with Crippen molar-refractivity contribution in [2.45, 2.75) is 45.9 Å². The Balaban J connectivity index is 2.12. The van der Waals surface area contributed by atoms with E-state index in [0.29, 0.717) is 12.0 Å². The molecule has 2 rings (SSSR count). The van der Waals surface area contributed by atoms with Crippen molar-refractivity contribution < 1.29 is 4.79 Å². The number of amides is 1. The van der Waals surface area contributed by atoms with Crippen LogP contribution in [0.2, 0.25) is 0 Å². The van der Waals surface area contributed by atoms with Crippen LogP contribution in [0.25, 0.3) is 0 Å². The number of hydrogen-bond acceptors (Lipinski definition) is 4. The van der Waals surface area contributed by atoms with Crippen LogP contribution in [0.4, 0.5) is 0 Å². The Labute approximate surface area is 132 Å². The minimum absolute atomic E-state index is 0.0328. The Morgan fingerprint density at radius 3 is 2.62 bits per heavy atom. The number of rotatable bonds is 6. The quantitative estimate of drug-likeness (QED) is 0.877. The maximum atomic E-state index is 12.7. The van der Waals surface area contributed by atoms with Crippen LogP contribution in [0.5, 0.6) is 0 Å². The lowest BCUT2D eigenvalue weighted by molar-refractivity contribution is -0.131. The molecule has 1 fully saturated rings. The number of nitrogens with one attached hydrogen (secondary N) is 1. The van der Waals surface area contributed by atoms with Gasteiger partial charge in [-0.15, -0.1) is 11.3 Å². The maximum Gasteiger partial charge on any atom is 0.241 e. The molecule has 1 aromatic rings. The summed E-state index contributed by atoms with van der Waals surface area (Å²) in [6.45, 7) is 10.2. The normalized spacial score (nSPS) is 23.0. The molecule has 1 aromatic heterocycles. The van der Waals surface area contributed by atoms with Gasteiger partial charge in [0.15, 0.2) is 0 Å². The minimum Gasteiger partial charge on any atom is -0.319 e. The lowest BCUT2D eigenvalue weighted by Gasteiger charge is -2.28. The summed E-state index contributed by atoms with van der Waals surface area (Å²) in [4.78, 5) is 18.2. The third-order valence-electron chi connectivity index (χ3n) is 4.25. The molecule has 2 atom stereocenters. The van der Waals surface area contributed by atoms with Gasteiger partial charge in [0.1, 0.15) is 6.17 Å². The first-order chi connectivity index (χ1) is 9.91. The van der Waals surface area contributed by atoms with E-state index in [0.717, 1.165) is 13.1 Å². The van der Waals surface area contributed by atoms with Crippen LogP contribution >= 0.6 is 11.3 Å². The van der Waals surface area contributed by atoms with Crippen molar-refractivity contribution in [1.82, 2.24) is 15.1 Å². The smallest absolute Gasteiger partial charge is 0.241 e. The van der Waals surface area contributed by atoms with Crippen molar-refractivity contribution in [1.29, 1.82) is 0 Å². The van der Waals surface area contributed by atoms with Gasteiger partial charge < -0.3 is 9.80 Å². The SMILES string of the molecule is CC(C)C1NC(c2cccs2)N(CCN(C)C(C)C)C1=O. The van der Waals surface area contributed by atoms with Crippen molar-refractivity contribution in [3.05, 3.63) is 22.4 Å². The topological polar surface area (TPSA) is 35.6 Å². The van der Waals surface area contributed by atoms with E-state index in [1.54, 1.807) is 11.3 Å². The molecular formula is C16H27N3OS. The molecule has 1 aliphatic heterocycles. The molecule has 4 nitrogen and oxygen atoms in total. The lowest BCUT2D eigenvalue weighted by Crippen LogP contribution is -2.39. The number of carbonyl (C=O) groups excluding carboxylic acids is 1. The minimum atomic E-state index is -0.0681. The lowest BCUT2D eigenvalue weighted by atomic mass is 10.1. The number of nitrogens with zero attached hydrogens (tertiary/aromatic N) is 2. The third kappa shape index (κ3) is 3.65. The van der Waals surface area contributed by atoms with Crippen molar-refractivity contribution in [2.75, 3.05) is 20.1 Å². The Kier molecular flexibility index (Phi) is 5.41. The molecule has 0 spiro atoms. The molecule has 0 bridgehead atoms. The van der Waals surface area contributed by atoms with Crippen molar-refractivity contribution in [3.8, 4) is 0 Å². The molecule has 0 aromatic carbocycles. The summed E-state index contributed by atoms with van der Waals surface area (Å²) < 4.78 is 0. The zero-order chi connectivity index (χ0) is 15.6. The molecule has 1 amide bonds. The molecule has 0 aliphatic carbocycles. The zero-order valence-electron chi connectivity index (χ0n) is 13.7. The van der Waals surface area contributed by atoms with E-state index in [9.17, 15) is 4.79 Å². The second-order valence-corrected chi connectivity index (χ2v) is 7.39. The van der Waals surface area contributed by atoms with Crippen LogP contribution in [-0.4, -0.2) is 47.9 Å². The first-order valence-electron chi connectivity index (χ1n) is 7.72. The molecule has 118 valence electrons. The van der Waals surface area contributed by atoms with Crippen LogP contribution in [0.15, 0.2) is 17.5 Å². The van der Waals surface area contributed by atoms with Crippen LogP contribution in [0, 0.1) is 5.92 Å². The van der Waals surface area contributed by atoms with E-state index >= 15 is 0 Å². The standard InChI is InChI=1S/C16H27N3OS/c1-11(2)14-16(20)19(9-8-18(5)12(3)4)15(17-14)13-7-6-10-21-13/h6-7,10-12,14-15,17H,8-9H2,1-5H3. The summed E-state index contributed by atoms with van der Waals surface area (Å²) in [6, 6.07) is 4.59. The fourth-order valence-corrected chi connectivity index (χ4v) is 3.36. The number of likely N-dealkylation sites (N-methyl/N-ethyl adjacent to an activating group) is 1. The van der Waals surface area contributed by atoms with Crippen LogP contribution < -0.4 is 5.32 Å². The highest BCUT2D eigenvalue weighted by Gasteiger charge is 2.41. The third-order valence-corrected chi connectivity index (χ3v) is 5.18. The fraction of sp³-hybridized carbons (Fsp3) is 0.688. The van der Waals surface area contributed by atoms with Gasteiger partial charge in [0, 0.05) is 24.0 Å². The van der Waals surface area contributed by atoms with E-state index in [1.165, 1.54) is 4.88 Å². The molecule has 1 aliphatic rings. The van der Waals surface area contributed by atoms with Gasteiger partial charge in [-0.2, -0.15) is 0 Å². The fourth-order valence-electron chi connectivity index (χ4n) is 2.56. The van der Waals surface area contributed by atoms with E-state index < -0.39 is 0 Å². The van der Waals surface area contributed by atoms with Crippen molar-refractivity contribution >= 4 is 17.2 Å². The van der Waals surface area contributed by atoms with Crippen LogP contribution in [0.1, 0.15) is 38.7 Å². The Morgan fingerprint density at radius 2 is 2.10 bits per heavy atom. The molecule has 0 radical (unpaired) electrons. The van der Waals surface area contributed by atoms with Gasteiger partial charge in [-0.25, -0.2) is 0 Å². The van der Waals surface area contributed by atoms with Gasteiger partial charge >= 0.3 is 0 Å². The summed E-state index contributed by atoms with van der Waals surface area (Å²) in [5.74, 6) is 0.549. The predicted molar refractivity (Wildman–Crippen MR) is 88.3 cm³/mol. The summed E-state index contributed by atoms with van der Waals surface area (Å²) in [5.41, 5.74) is 0. The first-order valence-corrected chi connectivity index (χ1v) is 8.60. The highest BCUT2D eigenvalue weighted by Crippen LogP contribution is 2.30. The molecule has 2 unspecified atom stereocenters. The summed E-state index contributed by atoms with van der Waals surface area (Å²) in [5, 5.41) is 5.59. The first kappa shape index (κ1) is 16.5. The maximum absolute atomic E-state index is 12.7. The van der Waals surface area contributed by atoms with Gasteiger partial charge in [0.25, 0.3) is 0 Å². The van der Waals surface area contributed by atoms with Crippen LogP contribution in [0.3, 0.4) is 0 Å². The van der Waals surface area contributed by atoms with E-state index in [2.05, 4.69) is 56.4 Å². The largest absolute Gasteiger partial charge is 0.319 e. The predicted octanol–water partition coefficient (Wildman–Crippen LogP) is 2.54. The average Bonchev–Trinajstić information content (AvgIpc) is 3.03.